The second kappa shape index (κ2) is 7.65. The highest BCUT2D eigenvalue weighted by Gasteiger charge is 2.29. The van der Waals surface area contributed by atoms with Gasteiger partial charge in [-0.15, -0.1) is 0 Å². The minimum absolute atomic E-state index is 0.0446. The first kappa shape index (κ1) is 18.2. The fourth-order valence-corrected chi connectivity index (χ4v) is 2.58. The van der Waals surface area contributed by atoms with Gasteiger partial charge in [0.2, 0.25) is 5.89 Å². The topological polar surface area (TPSA) is 46.3 Å². The number of amides is 1. The van der Waals surface area contributed by atoms with Crippen molar-refractivity contribution < 1.29 is 9.21 Å². The largest absolute Gasteiger partial charge is 0.439 e. The number of oxazole rings is 1. The molecule has 0 aliphatic heterocycles. The zero-order valence-corrected chi connectivity index (χ0v) is 15.4. The summed E-state index contributed by atoms with van der Waals surface area (Å²) >= 11 is 0. The van der Waals surface area contributed by atoms with Crippen LogP contribution in [0.2, 0.25) is 0 Å². The zero-order chi connectivity index (χ0) is 17.7. The molecule has 1 amide bonds. The molecule has 0 aliphatic carbocycles. The van der Waals surface area contributed by atoms with Gasteiger partial charge in [0, 0.05) is 24.1 Å². The van der Waals surface area contributed by atoms with E-state index in [1.54, 1.807) is 0 Å². The number of hydrogen-bond acceptors (Lipinski definition) is 3. The predicted octanol–water partition coefficient (Wildman–Crippen LogP) is 4.90. The quantitative estimate of drug-likeness (QED) is 0.757. The second-order valence-corrected chi connectivity index (χ2v) is 7.10. The summed E-state index contributed by atoms with van der Waals surface area (Å²) in [7, 11) is 0. The Morgan fingerprint density at radius 1 is 1.08 bits per heavy atom. The number of carbonyl (C=O) groups is 1. The average molecular weight is 328 g/mol. The Morgan fingerprint density at radius 3 is 2.17 bits per heavy atom. The van der Waals surface area contributed by atoms with Crippen molar-refractivity contribution in [2.45, 2.75) is 52.9 Å². The van der Waals surface area contributed by atoms with Crippen LogP contribution in [0.15, 0.2) is 34.7 Å². The van der Waals surface area contributed by atoms with Gasteiger partial charge in [0.15, 0.2) is 11.5 Å². The number of hydrogen-bond donors (Lipinski definition) is 0. The molecule has 2 rings (SSSR count). The minimum Gasteiger partial charge on any atom is -0.439 e. The highest BCUT2D eigenvalue weighted by atomic mass is 16.4. The lowest BCUT2D eigenvalue weighted by molar-refractivity contribution is 0.0750. The lowest BCUT2D eigenvalue weighted by Gasteiger charge is -2.20. The van der Waals surface area contributed by atoms with Crippen molar-refractivity contribution in [3.05, 3.63) is 41.9 Å². The Labute approximate surface area is 144 Å². The van der Waals surface area contributed by atoms with E-state index in [0.29, 0.717) is 17.3 Å². The van der Waals surface area contributed by atoms with Crippen LogP contribution in [0.3, 0.4) is 0 Å². The average Bonchev–Trinajstić information content (AvgIpc) is 3.00. The molecule has 0 unspecified atom stereocenters. The predicted molar refractivity (Wildman–Crippen MR) is 97.1 cm³/mol. The third kappa shape index (κ3) is 4.05. The van der Waals surface area contributed by atoms with E-state index in [9.17, 15) is 4.79 Å². The van der Waals surface area contributed by atoms with Crippen molar-refractivity contribution in [2.75, 3.05) is 13.1 Å². The van der Waals surface area contributed by atoms with E-state index in [2.05, 4.69) is 18.8 Å². The molecule has 1 heterocycles. The fraction of sp³-hybridized carbons (Fsp3) is 0.500. The van der Waals surface area contributed by atoms with Crippen molar-refractivity contribution in [1.82, 2.24) is 9.88 Å². The summed E-state index contributed by atoms with van der Waals surface area (Å²) < 4.78 is 6.03. The molecule has 0 fully saturated rings. The van der Waals surface area contributed by atoms with Gasteiger partial charge < -0.3 is 9.32 Å². The van der Waals surface area contributed by atoms with Crippen LogP contribution >= 0.6 is 0 Å². The number of benzene rings is 1. The maximum absolute atomic E-state index is 13.1. The fourth-order valence-electron chi connectivity index (χ4n) is 2.58. The zero-order valence-electron chi connectivity index (χ0n) is 15.4. The van der Waals surface area contributed by atoms with Gasteiger partial charge in [0.05, 0.1) is 0 Å². The van der Waals surface area contributed by atoms with E-state index in [-0.39, 0.29) is 11.3 Å². The molecule has 0 radical (unpaired) electrons. The molecule has 0 aliphatic rings. The van der Waals surface area contributed by atoms with Gasteiger partial charge in [-0.1, -0.05) is 65.0 Å². The summed E-state index contributed by atoms with van der Waals surface area (Å²) in [6.45, 7) is 11.7. The van der Waals surface area contributed by atoms with Crippen LogP contribution in [-0.4, -0.2) is 28.9 Å². The number of aromatic nitrogens is 1. The van der Waals surface area contributed by atoms with Gasteiger partial charge in [-0.25, -0.2) is 4.98 Å². The molecule has 1 aromatic carbocycles. The Bertz CT molecular complexity index is 663. The van der Waals surface area contributed by atoms with Gasteiger partial charge in [0.25, 0.3) is 5.91 Å². The van der Waals surface area contributed by atoms with E-state index in [0.717, 1.165) is 31.5 Å². The standard InChI is InChI=1S/C20H28N2O2/c1-6-13-22(14-7-2)18(23)16-17(15-11-9-8-10-12-15)24-19(21-16)20(3,4)5/h8-12H,6-7,13-14H2,1-5H3. The Kier molecular flexibility index (Phi) is 5.81. The third-order valence-electron chi connectivity index (χ3n) is 3.78. The summed E-state index contributed by atoms with van der Waals surface area (Å²) in [4.78, 5) is 19.5. The summed E-state index contributed by atoms with van der Waals surface area (Å²) in [6, 6.07) is 9.74. The highest BCUT2D eigenvalue weighted by molar-refractivity contribution is 5.97. The molecule has 0 N–H and O–H groups in total. The summed E-state index contributed by atoms with van der Waals surface area (Å²) in [6.07, 6.45) is 1.85. The second-order valence-electron chi connectivity index (χ2n) is 7.10. The van der Waals surface area contributed by atoms with Crippen LogP contribution in [0.25, 0.3) is 11.3 Å². The molecule has 0 saturated carbocycles. The van der Waals surface area contributed by atoms with E-state index in [1.165, 1.54) is 0 Å². The molecule has 0 saturated heterocycles. The molecule has 2 aromatic rings. The molecular formula is C20H28N2O2. The molecule has 0 bridgehead atoms. The molecule has 4 heteroatoms. The SMILES string of the molecule is CCCN(CCC)C(=O)c1nc(C(C)(C)C)oc1-c1ccccc1. The lowest BCUT2D eigenvalue weighted by Crippen LogP contribution is -2.33. The summed E-state index contributed by atoms with van der Waals surface area (Å²) in [5.74, 6) is 1.12. The molecule has 24 heavy (non-hydrogen) atoms. The van der Waals surface area contributed by atoms with Crippen LogP contribution in [0.4, 0.5) is 0 Å². The van der Waals surface area contributed by atoms with Crippen LogP contribution in [0.1, 0.15) is 63.8 Å². The molecule has 130 valence electrons. The van der Waals surface area contributed by atoms with Gasteiger partial charge in [-0.05, 0) is 12.8 Å². The lowest BCUT2D eigenvalue weighted by atomic mass is 9.97. The molecule has 0 atom stereocenters. The van der Waals surface area contributed by atoms with Crippen LogP contribution in [-0.2, 0) is 5.41 Å². The molecular weight excluding hydrogens is 300 g/mol. The molecule has 1 aromatic heterocycles. The van der Waals surface area contributed by atoms with E-state index in [4.69, 9.17) is 4.42 Å². The monoisotopic (exact) mass is 328 g/mol. The van der Waals surface area contributed by atoms with Crippen LogP contribution < -0.4 is 0 Å². The summed E-state index contributed by atoms with van der Waals surface area (Å²) in [5, 5.41) is 0. The highest BCUT2D eigenvalue weighted by Crippen LogP contribution is 2.31. The Morgan fingerprint density at radius 2 is 1.67 bits per heavy atom. The first-order valence-corrected chi connectivity index (χ1v) is 8.74. The van der Waals surface area contributed by atoms with Gasteiger partial charge in [-0.3, -0.25) is 4.79 Å². The normalized spacial score (nSPS) is 11.5. The maximum Gasteiger partial charge on any atom is 0.276 e. The van der Waals surface area contributed by atoms with E-state index < -0.39 is 0 Å². The van der Waals surface area contributed by atoms with Crippen molar-refractivity contribution in [3.8, 4) is 11.3 Å². The number of carbonyl (C=O) groups excluding carboxylic acids is 1. The van der Waals surface area contributed by atoms with Crippen LogP contribution in [0, 0.1) is 0 Å². The smallest absolute Gasteiger partial charge is 0.276 e. The van der Waals surface area contributed by atoms with Crippen molar-refractivity contribution in [1.29, 1.82) is 0 Å². The summed E-state index contributed by atoms with van der Waals surface area (Å²) in [5.41, 5.74) is 1.06. The van der Waals surface area contributed by atoms with E-state index in [1.807, 2.05) is 56.0 Å². The van der Waals surface area contributed by atoms with Crippen molar-refractivity contribution >= 4 is 5.91 Å². The van der Waals surface area contributed by atoms with Gasteiger partial charge >= 0.3 is 0 Å². The molecule has 0 spiro atoms. The first-order valence-electron chi connectivity index (χ1n) is 8.74. The third-order valence-corrected chi connectivity index (χ3v) is 3.78. The van der Waals surface area contributed by atoms with E-state index >= 15 is 0 Å². The minimum atomic E-state index is -0.248. The van der Waals surface area contributed by atoms with Gasteiger partial charge in [0.1, 0.15) is 0 Å². The Hall–Kier alpha value is -2.10. The first-order chi connectivity index (χ1) is 11.4. The maximum atomic E-state index is 13.1. The number of nitrogens with zero attached hydrogens (tertiary/aromatic N) is 2. The van der Waals surface area contributed by atoms with Crippen molar-refractivity contribution in [2.24, 2.45) is 0 Å². The number of rotatable bonds is 6. The molecule has 4 nitrogen and oxygen atoms in total. The van der Waals surface area contributed by atoms with Crippen LogP contribution in [0.5, 0.6) is 0 Å². The van der Waals surface area contributed by atoms with Crippen molar-refractivity contribution in [3.63, 3.8) is 0 Å². The Balaban J connectivity index is 2.51. The van der Waals surface area contributed by atoms with Gasteiger partial charge in [-0.2, -0.15) is 0 Å².